The molecule has 0 bridgehead atoms. The fraction of sp³-hybridized carbons (Fsp3) is 0.583. The molecule has 4 N–H and O–H groups in total. The van der Waals surface area contributed by atoms with E-state index in [2.05, 4.69) is 20.8 Å². The second-order valence-electron chi connectivity index (χ2n) is 18.1. The van der Waals surface area contributed by atoms with Gasteiger partial charge in [-0.1, -0.05) is 26.8 Å². The van der Waals surface area contributed by atoms with Crippen molar-refractivity contribution in [2.24, 2.45) is 0 Å². The first kappa shape index (κ1) is 59.5. The Bertz CT molecular complexity index is 2640. The molecule has 2 heterocycles. The summed E-state index contributed by atoms with van der Waals surface area (Å²) >= 11 is 0. The van der Waals surface area contributed by atoms with Crippen LogP contribution in [0.4, 0.5) is 5.69 Å². The molecule has 0 amide bonds. The molecule has 0 radical (unpaired) electrons. The summed E-state index contributed by atoms with van der Waals surface area (Å²) in [5.41, 5.74) is 2.01. The van der Waals surface area contributed by atoms with Crippen molar-refractivity contribution in [2.45, 2.75) is 75.5 Å². The molecule has 1 unspecified atom stereocenters. The number of carboxylic acids is 1. The van der Waals surface area contributed by atoms with Gasteiger partial charge in [-0.2, -0.15) is 25.3 Å². The van der Waals surface area contributed by atoms with E-state index in [0.29, 0.717) is 106 Å². The van der Waals surface area contributed by atoms with Gasteiger partial charge in [-0.15, -0.1) is 0 Å². The zero-order chi connectivity index (χ0) is 52.3. The molecular weight excluding hydrogens is 989 g/mol. The number of aliphatic carboxylic acids is 1. The van der Waals surface area contributed by atoms with Gasteiger partial charge in [-0.25, -0.2) is 4.58 Å². The molecule has 0 aromatic heterocycles. The summed E-state index contributed by atoms with van der Waals surface area (Å²) in [6, 6.07) is 11.7. The van der Waals surface area contributed by atoms with Crippen LogP contribution in [0.15, 0.2) is 69.6 Å². The summed E-state index contributed by atoms with van der Waals surface area (Å²) in [5.74, 6) is -1.03. The number of hydrogen-bond donors (Lipinski definition) is 4. The van der Waals surface area contributed by atoms with Crippen LogP contribution in [0.1, 0.15) is 76.7 Å². The van der Waals surface area contributed by atoms with E-state index in [1.807, 2.05) is 35.8 Å². The second-order valence-corrected chi connectivity index (χ2v) is 22.7. The Hall–Kier alpha value is -4.11. The summed E-state index contributed by atoms with van der Waals surface area (Å²) in [5, 5.41) is 10.2. The molecule has 4 rings (SSSR count). The first-order chi connectivity index (χ1) is 33.4. The number of carboxylic acid groups (broad SMARTS) is 1. The molecule has 0 fully saturated rings. The van der Waals surface area contributed by atoms with Gasteiger partial charge in [0.2, 0.25) is 5.36 Å². The predicted molar refractivity (Wildman–Crippen MR) is 267 cm³/mol. The first-order valence-electron chi connectivity index (χ1n) is 23.4. The molecule has 1 atom stereocenters. The number of nitrogens with zero attached hydrogens (tertiary/aromatic N) is 2. The minimum Gasteiger partial charge on any atom is -0.481 e. The van der Waals surface area contributed by atoms with Crippen LogP contribution in [-0.4, -0.2) is 161 Å². The number of allylic oxidation sites excluding steroid dienone is 3. The number of rotatable bonds is 33. The van der Waals surface area contributed by atoms with E-state index >= 15 is 0 Å². The predicted octanol–water partition coefficient (Wildman–Crippen LogP) is 4.92. The van der Waals surface area contributed by atoms with Gasteiger partial charge in [-0.05, 0) is 85.2 Å². The second kappa shape index (κ2) is 27.8. The summed E-state index contributed by atoms with van der Waals surface area (Å²) in [6.45, 7) is 13.3. The normalized spacial score (nSPS) is 16.7. The van der Waals surface area contributed by atoms with Crippen molar-refractivity contribution in [3.63, 3.8) is 0 Å². The van der Waals surface area contributed by atoms with Crippen LogP contribution < -0.4 is 14.8 Å². The average Bonchev–Trinajstić information content (AvgIpc) is 3.50. The number of anilines is 1. The maximum atomic E-state index is 12.3. The third-order valence-corrected chi connectivity index (χ3v) is 14.0. The van der Waals surface area contributed by atoms with E-state index in [0.717, 1.165) is 11.1 Å². The molecular formula is C48H71N2O18S3+. The topological polar surface area (TPSA) is 275 Å². The van der Waals surface area contributed by atoms with E-state index in [1.54, 1.807) is 30.2 Å². The number of methoxy groups -OCH3 is 1. The molecule has 1 aromatic rings. The Labute approximate surface area is 417 Å². The van der Waals surface area contributed by atoms with Crippen molar-refractivity contribution in [3.8, 4) is 11.3 Å². The molecule has 23 heteroatoms. The molecule has 0 spiro atoms. The number of benzene rings is 2. The maximum Gasteiger partial charge on any atom is 0.303 e. The summed E-state index contributed by atoms with van der Waals surface area (Å²) < 4.78 is 142. The smallest absolute Gasteiger partial charge is 0.303 e. The zero-order valence-corrected chi connectivity index (χ0v) is 43.7. The molecule has 71 heavy (non-hydrogen) atoms. The number of carbonyl (C=O) groups is 1. The van der Waals surface area contributed by atoms with Crippen molar-refractivity contribution >= 4 is 48.1 Å². The van der Waals surface area contributed by atoms with Gasteiger partial charge in [0.05, 0.1) is 88.5 Å². The molecule has 1 aromatic carbocycles. The van der Waals surface area contributed by atoms with Crippen molar-refractivity contribution in [3.05, 3.63) is 82.6 Å². The largest absolute Gasteiger partial charge is 0.481 e. The Morgan fingerprint density at radius 3 is 1.87 bits per heavy atom. The quantitative estimate of drug-likeness (QED) is 0.0358. The van der Waals surface area contributed by atoms with Crippen molar-refractivity contribution in [2.75, 3.05) is 116 Å². The molecule has 0 saturated carbocycles. The number of fused-ring (bicyclic) bond motifs is 2. The highest BCUT2D eigenvalue weighted by molar-refractivity contribution is 7.86. The van der Waals surface area contributed by atoms with E-state index in [-0.39, 0.29) is 62.1 Å². The molecule has 3 aliphatic rings. The van der Waals surface area contributed by atoms with Gasteiger partial charge in [0.15, 0.2) is 6.54 Å². The Morgan fingerprint density at radius 1 is 0.746 bits per heavy atom. The first-order valence-corrected chi connectivity index (χ1v) is 28.0. The van der Waals surface area contributed by atoms with Gasteiger partial charge in [-0.3, -0.25) is 18.5 Å². The Morgan fingerprint density at radius 2 is 1.32 bits per heavy atom. The molecule has 0 saturated heterocycles. The third kappa shape index (κ3) is 20.0. The van der Waals surface area contributed by atoms with Crippen LogP contribution >= 0.6 is 0 Å². The lowest BCUT2D eigenvalue weighted by atomic mass is 9.77. The van der Waals surface area contributed by atoms with E-state index in [9.17, 15) is 48.8 Å². The minimum absolute atomic E-state index is 0.00329. The van der Waals surface area contributed by atoms with Gasteiger partial charge >= 0.3 is 5.97 Å². The van der Waals surface area contributed by atoms with Gasteiger partial charge < -0.3 is 42.8 Å². The number of ether oxygens (including phenoxy) is 6. The fourth-order valence-electron chi connectivity index (χ4n) is 8.13. The van der Waals surface area contributed by atoms with E-state index in [4.69, 9.17) is 32.8 Å². The van der Waals surface area contributed by atoms with E-state index in [1.165, 1.54) is 18.2 Å². The standard InChI is InChI=1S/C48H70N2O18S3/c1-47(2,3)41-35-38(10-6-11-45-48(4,17-7-12-46(51)52)42-36-39(71(59,60)61)14-16-43(42)50(45)19-9-33-70(56,57)58)68-44-34-37(13-15-40(41)44)49(18-8-32-69(53,54)55)20-21-63-24-25-65-28-29-67-31-30-66-27-26-64-23-22-62-5/h6,10-11,13-16,34-36H,7-9,12,17-33H2,1-5H3,(H3-,51,52,53,54,55,56,57,58,59,60,61)/p+1. The summed E-state index contributed by atoms with van der Waals surface area (Å²) in [7, 11) is -11.6. The van der Waals surface area contributed by atoms with Crippen LogP contribution in [0, 0.1) is 0 Å². The molecule has 398 valence electrons. The van der Waals surface area contributed by atoms with Crippen LogP contribution in [-0.2, 0) is 74.4 Å². The lowest BCUT2D eigenvalue weighted by Gasteiger charge is -2.30. The van der Waals surface area contributed by atoms with Gasteiger partial charge in [0.25, 0.3) is 30.4 Å². The molecule has 1 aliphatic carbocycles. The lowest BCUT2D eigenvalue weighted by molar-refractivity contribution is -0.137. The maximum absolute atomic E-state index is 12.3. The zero-order valence-electron chi connectivity index (χ0n) is 41.2. The molecule has 2 aliphatic heterocycles. The average molecular weight is 1060 g/mol. The highest BCUT2D eigenvalue weighted by Gasteiger charge is 2.43. The van der Waals surface area contributed by atoms with Crippen molar-refractivity contribution in [1.29, 1.82) is 0 Å². The minimum atomic E-state index is -4.63. The monoisotopic (exact) mass is 1060 g/mol. The summed E-state index contributed by atoms with van der Waals surface area (Å²) in [4.78, 5) is 13.1. The van der Waals surface area contributed by atoms with Crippen LogP contribution in [0.25, 0.3) is 17.4 Å². The molecule has 20 nitrogen and oxygen atoms in total. The highest BCUT2D eigenvalue weighted by Crippen LogP contribution is 2.51. The fourth-order valence-corrected chi connectivity index (χ4v) is 9.62. The lowest BCUT2D eigenvalue weighted by Crippen LogP contribution is -2.35. The highest BCUT2D eigenvalue weighted by atomic mass is 32.2. The van der Waals surface area contributed by atoms with Crippen LogP contribution in [0.3, 0.4) is 0 Å². The Balaban J connectivity index is 1.60. The number of hydrogen-bond acceptors (Lipinski definition) is 15. The SMILES string of the molecule is COCCOCCOCCOCCOCCOCC[N+](CCCS(=O)(=O)O)=c1ccc2c(C(C)(C)C)cc(C=CC=C3N(CCCS(=O)(=O)O)c4ccc(S(=O)(=O)O)cc4C3(C)CCCC(=O)O)oc-2c1. The van der Waals surface area contributed by atoms with Gasteiger partial charge in [0.1, 0.15) is 24.7 Å². The van der Waals surface area contributed by atoms with Crippen molar-refractivity contribution < 1.29 is 81.7 Å². The van der Waals surface area contributed by atoms with Gasteiger partial charge in [0, 0.05) is 54.9 Å². The van der Waals surface area contributed by atoms with Crippen LogP contribution in [0.2, 0.25) is 0 Å². The summed E-state index contributed by atoms with van der Waals surface area (Å²) in [6.07, 6.45) is 5.64. The Kier molecular flexibility index (Phi) is 23.3. The van der Waals surface area contributed by atoms with Crippen molar-refractivity contribution in [1.82, 2.24) is 4.58 Å². The van der Waals surface area contributed by atoms with Crippen LogP contribution in [0.5, 0.6) is 0 Å². The third-order valence-electron chi connectivity index (χ3n) is 11.6. The van der Waals surface area contributed by atoms with E-state index < -0.39 is 53.2 Å².